The number of non-ortho nitro benzene ring substituents is 1. The molecule has 0 unspecified atom stereocenters. The number of benzene rings is 2. The van der Waals surface area contributed by atoms with Crippen LogP contribution in [0.3, 0.4) is 0 Å². The smallest absolute Gasteiger partial charge is 0.269 e. The highest BCUT2D eigenvalue weighted by molar-refractivity contribution is 9.10. The maximum Gasteiger partial charge on any atom is 0.269 e. The quantitative estimate of drug-likeness (QED) is 0.675. The lowest BCUT2D eigenvalue weighted by Crippen LogP contribution is -2.00. The molecule has 0 aliphatic rings. The van der Waals surface area contributed by atoms with Crippen molar-refractivity contribution in [1.82, 2.24) is 0 Å². The number of hydrogen-bond acceptors (Lipinski definition) is 3. The Hall–Kier alpha value is -1.88. The fourth-order valence-corrected chi connectivity index (χ4v) is 2.43. The number of nitro benzene ring substituents is 1. The maximum atomic E-state index is 10.7. The molecule has 0 aliphatic carbocycles. The SMILES string of the molecule is Cc1cc(Br)cc(NCc2cccc([N+](=O)[O-])c2)c1. The Morgan fingerprint density at radius 1 is 1.26 bits per heavy atom. The van der Waals surface area contributed by atoms with E-state index in [1.165, 1.54) is 6.07 Å². The van der Waals surface area contributed by atoms with Crippen LogP contribution in [0.15, 0.2) is 46.9 Å². The van der Waals surface area contributed by atoms with E-state index in [1.807, 2.05) is 31.2 Å². The van der Waals surface area contributed by atoms with Gasteiger partial charge in [0, 0.05) is 28.8 Å². The van der Waals surface area contributed by atoms with Crippen molar-refractivity contribution >= 4 is 27.3 Å². The number of halogens is 1. The Morgan fingerprint density at radius 3 is 2.74 bits per heavy atom. The molecule has 98 valence electrons. The van der Waals surface area contributed by atoms with Gasteiger partial charge in [-0.3, -0.25) is 10.1 Å². The van der Waals surface area contributed by atoms with E-state index >= 15 is 0 Å². The van der Waals surface area contributed by atoms with Gasteiger partial charge in [0.25, 0.3) is 5.69 Å². The monoisotopic (exact) mass is 320 g/mol. The summed E-state index contributed by atoms with van der Waals surface area (Å²) in [5, 5.41) is 14.0. The summed E-state index contributed by atoms with van der Waals surface area (Å²) in [6, 6.07) is 12.7. The first-order valence-corrected chi connectivity index (χ1v) is 6.58. The summed E-state index contributed by atoms with van der Waals surface area (Å²) in [4.78, 5) is 10.3. The largest absolute Gasteiger partial charge is 0.381 e. The summed E-state index contributed by atoms with van der Waals surface area (Å²) >= 11 is 3.44. The first kappa shape index (κ1) is 13.5. The Bertz CT molecular complexity index is 594. The van der Waals surface area contributed by atoms with Crippen molar-refractivity contribution in [2.75, 3.05) is 5.32 Å². The van der Waals surface area contributed by atoms with Crippen molar-refractivity contribution in [3.05, 3.63) is 68.2 Å². The molecule has 0 heterocycles. The van der Waals surface area contributed by atoms with Crippen molar-refractivity contribution in [3.8, 4) is 0 Å². The predicted molar refractivity (Wildman–Crippen MR) is 79.3 cm³/mol. The average Bonchev–Trinajstić information content (AvgIpc) is 2.35. The third-order valence-electron chi connectivity index (χ3n) is 2.66. The highest BCUT2D eigenvalue weighted by Crippen LogP contribution is 2.20. The van der Waals surface area contributed by atoms with E-state index in [0.717, 1.165) is 21.3 Å². The third kappa shape index (κ3) is 3.79. The number of nitrogens with zero attached hydrogens (tertiary/aromatic N) is 1. The summed E-state index contributed by atoms with van der Waals surface area (Å²) < 4.78 is 1.01. The van der Waals surface area contributed by atoms with Crippen molar-refractivity contribution < 1.29 is 4.92 Å². The van der Waals surface area contributed by atoms with Gasteiger partial charge >= 0.3 is 0 Å². The molecule has 0 spiro atoms. The molecule has 0 aromatic heterocycles. The molecule has 0 radical (unpaired) electrons. The van der Waals surface area contributed by atoms with Gasteiger partial charge in [-0.2, -0.15) is 0 Å². The zero-order valence-corrected chi connectivity index (χ0v) is 12.0. The first-order valence-electron chi connectivity index (χ1n) is 5.79. The third-order valence-corrected chi connectivity index (χ3v) is 3.12. The number of hydrogen-bond donors (Lipinski definition) is 1. The molecule has 2 aromatic rings. The lowest BCUT2D eigenvalue weighted by Gasteiger charge is -2.08. The number of nitrogens with one attached hydrogen (secondary N) is 1. The van der Waals surface area contributed by atoms with Crippen LogP contribution >= 0.6 is 15.9 Å². The summed E-state index contributed by atoms with van der Waals surface area (Å²) in [6.07, 6.45) is 0. The maximum absolute atomic E-state index is 10.7. The van der Waals surface area contributed by atoms with E-state index in [-0.39, 0.29) is 10.6 Å². The normalized spacial score (nSPS) is 10.2. The molecule has 19 heavy (non-hydrogen) atoms. The van der Waals surface area contributed by atoms with Gasteiger partial charge in [0.15, 0.2) is 0 Å². The Balaban J connectivity index is 2.10. The van der Waals surface area contributed by atoms with E-state index in [0.29, 0.717) is 6.54 Å². The highest BCUT2D eigenvalue weighted by Gasteiger charge is 2.05. The van der Waals surface area contributed by atoms with Gasteiger partial charge < -0.3 is 5.32 Å². The molecule has 5 heteroatoms. The number of anilines is 1. The predicted octanol–water partition coefficient (Wildman–Crippen LogP) is 4.28. The highest BCUT2D eigenvalue weighted by atomic mass is 79.9. The molecule has 0 saturated carbocycles. The topological polar surface area (TPSA) is 55.2 Å². The molecule has 4 nitrogen and oxygen atoms in total. The lowest BCUT2D eigenvalue weighted by atomic mass is 10.2. The van der Waals surface area contributed by atoms with E-state index in [1.54, 1.807) is 12.1 Å². The first-order chi connectivity index (χ1) is 9.04. The molecule has 0 bridgehead atoms. The van der Waals surface area contributed by atoms with Crippen LogP contribution in [-0.4, -0.2) is 4.92 Å². The molecular formula is C14H13BrN2O2. The van der Waals surface area contributed by atoms with Crippen LogP contribution < -0.4 is 5.32 Å². The second-order valence-electron chi connectivity index (χ2n) is 4.30. The van der Waals surface area contributed by atoms with Crippen molar-refractivity contribution in [2.45, 2.75) is 13.5 Å². The molecular weight excluding hydrogens is 308 g/mol. The van der Waals surface area contributed by atoms with E-state index in [9.17, 15) is 10.1 Å². The van der Waals surface area contributed by atoms with E-state index in [2.05, 4.69) is 21.2 Å². The van der Waals surface area contributed by atoms with Crippen LogP contribution in [0.2, 0.25) is 0 Å². The fraction of sp³-hybridized carbons (Fsp3) is 0.143. The number of nitro groups is 1. The van der Waals surface area contributed by atoms with Crippen LogP contribution in [0.5, 0.6) is 0 Å². The second kappa shape index (κ2) is 5.84. The summed E-state index contributed by atoms with van der Waals surface area (Å²) in [6.45, 7) is 2.57. The number of rotatable bonds is 4. The molecule has 0 saturated heterocycles. The van der Waals surface area contributed by atoms with E-state index in [4.69, 9.17) is 0 Å². The van der Waals surface area contributed by atoms with Gasteiger partial charge in [-0.1, -0.05) is 28.1 Å². The Kier molecular flexibility index (Phi) is 4.16. The summed E-state index contributed by atoms with van der Waals surface area (Å²) in [5.74, 6) is 0. The number of aryl methyl sites for hydroxylation is 1. The molecule has 1 N–H and O–H groups in total. The Morgan fingerprint density at radius 2 is 2.05 bits per heavy atom. The minimum Gasteiger partial charge on any atom is -0.381 e. The van der Waals surface area contributed by atoms with Gasteiger partial charge in [0.1, 0.15) is 0 Å². The van der Waals surface area contributed by atoms with Gasteiger partial charge in [-0.15, -0.1) is 0 Å². The summed E-state index contributed by atoms with van der Waals surface area (Å²) in [7, 11) is 0. The van der Waals surface area contributed by atoms with Crippen molar-refractivity contribution in [2.24, 2.45) is 0 Å². The average molecular weight is 321 g/mol. The fourth-order valence-electron chi connectivity index (χ4n) is 1.82. The van der Waals surface area contributed by atoms with Crippen LogP contribution in [0.1, 0.15) is 11.1 Å². The van der Waals surface area contributed by atoms with Crippen molar-refractivity contribution in [1.29, 1.82) is 0 Å². The molecule has 2 rings (SSSR count). The molecule has 0 atom stereocenters. The minimum atomic E-state index is -0.382. The molecule has 0 amide bonds. The van der Waals surface area contributed by atoms with Crippen molar-refractivity contribution in [3.63, 3.8) is 0 Å². The van der Waals surface area contributed by atoms with Gasteiger partial charge in [-0.25, -0.2) is 0 Å². The summed E-state index contributed by atoms with van der Waals surface area (Å²) in [5.41, 5.74) is 3.13. The zero-order chi connectivity index (χ0) is 13.8. The van der Waals surface area contributed by atoms with Crippen LogP contribution in [0, 0.1) is 17.0 Å². The van der Waals surface area contributed by atoms with Gasteiger partial charge in [0.05, 0.1) is 4.92 Å². The zero-order valence-electron chi connectivity index (χ0n) is 10.4. The lowest BCUT2D eigenvalue weighted by molar-refractivity contribution is -0.384. The van der Waals surface area contributed by atoms with Crippen LogP contribution in [-0.2, 0) is 6.54 Å². The molecule has 0 fully saturated rings. The minimum absolute atomic E-state index is 0.115. The Labute approximate surface area is 119 Å². The molecule has 0 aliphatic heterocycles. The van der Waals surface area contributed by atoms with E-state index < -0.39 is 0 Å². The standard InChI is InChI=1S/C14H13BrN2O2/c1-10-5-12(15)8-13(6-10)16-9-11-3-2-4-14(7-11)17(18)19/h2-8,16H,9H2,1H3. The molecule has 2 aromatic carbocycles. The van der Waals surface area contributed by atoms with Crippen LogP contribution in [0.25, 0.3) is 0 Å². The van der Waals surface area contributed by atoms with Gasteiger partial charge in [0.2, 0.25) is 0 Å². The van der Waals surface area contributed by atoms with Crippen LogP contribution in [0.4, 0.5) is 11.4 Å². The second-order valence-corrected chi connectivity index (χ2v) is 5.21. The van der Waals surface area contributed by atoms with Gasteiger partial charge in [-0.05, 0) is 36.2 Å².